The molecule has 0 heterocycles. The Hall–Kier alpha value is -2.30. The Bertz CT molecular complexity index is 685. The first-order chi connectivity index (χ1) is 9.41. The van der Waals surface area contributed by atoms with Crippen molar-refractivity contribution in [3.8, 4) is 5.75 Å². The van der Waals surface area contributed by atoms with E-state index in [9.17, 15) is 9.59 Å². The summed E-state index contributed by atoms with van der Waals surface area (Å²) in [5, 5.41) is 2.98. The first-order valence-electron chi connectivity index (χ1n) is 6.52. The number of nitrogens with one attached hydrogen (secondary N) is 1. The average molecular weight is 274 g/mol. The molecule has 0 aliphatic heterocycles. The van der Waals surface area contributed by atoms with Crippen molar-refractivity contribution in [2.24, 2.45) is 0 Å². The van der Waals surface area contributed by atoms with Gasteiger partial charge in [-0.1, -0.05) is 18.2 Å². The summed E-state index contributed by atoms with van der Waals surface area (Å²) in [5.74, 6) is 0.750. The van der Waals surface area contributed by atoms with Gasteiger partial charge in [0.05, 0.1) is 12.1 Å². The molecule has 20 heavy (non-hydrogen) atoms. The van der Waals surface area contributed by atoms with Crippen molar-refractivity contribution in [3.63, 3.8) is 0 Å². The van der Waals surface area contributed by atoms with Crippen LogP contribution in [0, 0.1) is 0 Å². The highest BCUT2D eigenvalue weighted by molar-refractivity contribution is 5.71. The molecular formula is C15H18N2O3. The average Bonchev–Trinajstić information content (AvgIpc) is 2.43. The van der Waals surface area contributed by atoms with Gasteiger partial charge in [-0.3, -0.25) is 9.59 Å². The zero-order valence-corrected chi connectivity index (χ0v) is 11.8. The topological polar surface area (TPSA) is 81.4 Å². The van der Waals surface area contributed by atoms with Gasteiger partial charge in [-0.15, -0.1) is 0 Å². The Labute approximate surface area is 117 Å². The quantitative estimate of drug-likeness (QED) is 0.813. The summed E-state index contributed by atoms with van der Waals surface area (Å²) in [6.07, 6.45) is 0.0551. The van der Waals surface area contributed by atoms with Gasteiger partial charge >= 0.3 is 0 Å². The molecule has 3 N–H and O–H groups in total. The fourth-order valence-electron chi connectivity index (χ4n) is 2.05. The van der Waals surface area contributed by atoms with Crippen LogP contribution in [0.25, 0.3) is 0 Å². The van der Waals surface area contributed by atoms with Crippen LogP contribution in [-0.2, 0) is 0 Å². The van der Waals surface area contributed by atoms with Crippen LogP contribution >= 0.6 is 0 Å². The molecule has 0 fully saturated rings. The Morgan fingerprint density at radius 1 is 1.10 bits per heavy atom. The molecule has 0 aromatic heterocycles. The van der Waals surface area contributed by atoms with Gasteiger partial charge in [-0.05, 0) is 26.8 Å². The van der Waals surface area contributed by atoms with Crippen molar-refractivity contribution in [1.82, 2.24) is 0 Å². The van der Waals surface area contributed by atoms with Crippen LogP contribution in [0.1, 0.15) is 32.4 Å². The maximum absolute atomic E-state index is 11.4. The Kier molecular flexibility index (Phi) is 3.79. The van der Waals surface area contributed by atoms with E-state index in [1.54, 1.807) is 0 Å². The van der Waals surface area contributed by atoms with Crippen molar-refractivity contribution < 1.29 is 4.74 Å². The molecule has 0 bridgehead atoms. The normalized spacial score (nSPS) is 12.6. The summed E-state index contributed by atoms with van der Waals surface area (Å²) in [6.45, 7) is 5.78. The van der Waals surface area contributed by atoms with E-state index >= 15 is 0 Å². The number of rotatable bonds is 5. The second-order valence-corrected chi connectivity index (χ2v) is 5.02. The molecule has 0 saturated heterocycles. The van der Waals surface area contributed by atoms with Gasteiger partial charge in [0.1, 0.15) is 17.1 Å². The molecule has 0 saturated carbocycles. The van der Waals surface area contributed by atoms with E-state index in [0.717, 1.165) is 11.3 Å². The van der Waals surface area contributed by atoms with Gasteiger partial charge in [0.2, 0.25) is 0 Å². The highest BCUT2D eigenvalue weighted by Crippen LogP contribution is 2.28. The number of nitrogens with two attached hydrogens (primary N) is 1. The van der Waals surface area contributed by atoms with Crippen molar-refractivity contribution in [1.29, 1.82) is 0 Å². The summed E-state index contributed by atoms with van der Waals surface area (Å²) in [7, 11) is 0. The molecular weight excluding hydrogens is 256 g/mol. The smallest absolute Gasteiger partial charge is 0.253 e. The fraction of sp³-hybridized carbons (Fsp3) is 0.333. The number of anilines is 2. The summed E-state index contributed by atoms with van der Waals surface area (Å²) in [4.78, 5) is 22.5. The minimum Gasteiger partial charge on any atom is -0.491 e. The molecule has 106 valence electrons. The molecule has 0 spiro atoms. The van der Waals surface area contributed by atoms with Gasteiger partial charge in [0, 0.05) is 5.56 Å². The van der Waals surface area contributed by atoms with Crippen LogP contribution in [0.2, 0.25) is 0 Å². The lowest BCUT2D eigenvalue weighted by molar-refractivity contribution is 0.239. The Balaban J connectivity index is 2.24. The van der Waals surface area contributed by atoms with E-state index in [0.29, 0.717) is 0 Å². The number of ether oxygens (including phenoxy) is 1. The second-order valence-electron chi connectivity index (χ2n) is 5.02. The minimum absolute atomic E-state index is 0.00380. The van der Waals surface area contributed by atoms with E-state index < -0.39 is 10.9 Å². The van der Waals surface area contributed by atoms with Crippen molar-refractivity contribution in [2.75, 3.05) is 11.1 Å². The van der Waals surface area contributed by atoms with Gasteiger partial charge in [-0.2, -0.15) is 0 Å². The van der Waals surface area contributed by atoms with Gasteiger partial charge in [0.25, 0.3) is 10.9 Å². The molecule has 2 aromatic rings. The molecule has 0 aliphatic rings. The summed E-state index contributed by atoms with van der Waals surface area (Å²) in [5.41, 5.74) is 5.45. The van der Waals surface area contributed by atoms with Gasteiger partial charge < -0.3 is 15.8 Å². The van der Waals surface area contributed by atoms with Gasteiger partial charge in [-0.25, -0.2) is 0 Å². The first-order valence-corrected chi connectivity index (χ1v) is 6.52. The van der Waals surface area contributed by atoms with Crippen LogP contribution in [0.3, 0.4) is 0 Å². The zero-order valence-electron chi connectivity index (χ0n) is 11.8. The van der Waals surface area contributed by atoms with E-state index in [2.05, 4.69) is 5.32 Å². The molecule has 5 heteroatoms. The zero-order chi connectivity index (χ0) is 14.9. The summed E-state index contributed by atoms with van der Waals surface area (Å²) in [6, 6.07) is 7.39. The Morgan fingerprint density at radius 2 is 1.75 bits per heavy atom. The van der Waals surface area contributed by atoms with Crippen LogP contribution in [0.4, 0.5) is 11.4 Å². The standard InChI is InChI=1S/C15H18N2O3/c1-8(2)20-11-7-5-4-6-10(11)9(3)17-13-12(16)14(18)15(13)19/h4-9,17H,16H2,1-3H3/t9-/m1/s1. The lowest BCUT2D eigenvalue weighted by Crippen LogP contribution is -2.37. The molecule has 0 amide bonds. The number of para-hydroxylation sites is 1. The molecule has 0 aliphatic carbocycles. The van der Waals surface area contributed by atoms with E-state index in [1.807, 2.05) is 45.0 Å². The number of hydrogen-bond acceptors (Lipinski definition) is 5. The minimum atomic E-state index is -0.619. The van der Waals surface area contributed by atoms with Crippen LogP contribution < -0.4 is 26.6 Å². The van der Waals surface area contributed by atoms with Crippen LogP contribution in [0.5, 0.6) is 5.75 Å². The maximum Gasteiger partial charge on any atom is 0.253 e. The lowest BCUT2D eigenvalue weighted by Gasteiger charge is -2.21. The highest BCUT2D eigenvalue weighted by Gasteiger charge is 2.21. The predicted molar refractivity (Wildman–Crippen MR) is 80.0 cm³/mol. The highest BCUT2D eigenvalue weighted by atomic mass is 16.5. The van der Waals surface area contributed by atoms with Crippen molar-refractivity contribution >= 4 is 11.4 Å². The first kappa shape index (κ1) is 14.1. The van der Waals surface area contributed by atoms with Crippen molar-refractivity contribution in [2.45, 2.75) is 32.9 Å². The monoisotopic (exact) mass is 274 g/mol. The van der Waals surface area contributed by atoms with Gasteiger partial charge in [0.15, 0.2) is 0 Å². The van der Waals surface area contributed by atoms with E-state index in [4.69, 9.17) is 10.5 Å². The predicted octanol–water partition coefficient (Wildman–Crippen LogP) is 1.83. The van der Waals surface area contributed by atoms with Crippen LogP contribution in [-0.4, -0.2) is 6.10 Å². The molecule has 1 atom stereocenters. The molecule has 0 radical (unpaired) electrons. The number of nitrogen functional groups attached to an aromatic ring is 1. The van der Waals surface area contributed by atoms with Crippen LogP contribution in [0.15, 0.2) is 33.9 Å². The third-order valence-electron chi connectivity index (χ3n) is 3.06. The SMILES string of the molecule is CC(C)Oc1ccccc1[C@@H](C)Nc1c(N)c(=O)c1=O. The molecule has 5 nitrogen and oxygen atoms in total. The third kappa shape index (κ3) is 2.52. The van der Waals surface area contributed by atoms with Crippen molar-refractivity contribution in [3.05, 3.63) is 50.3 Å². The lowest BCUT2D eigenvalue weighted by atomic mass is 10.1. The number of hydrogen-bond donors (Lipinski definition) is 2. The third-order valence-corrected chi connectivity index (χ3v) is 3.06. The second kappa shape index (κ2) is 5.36. The fourth-order valence-corrected chi connectivity index (χ4v) is 2.05. The molecule has 2 rings (SSSR count). The molecule has 2 aromatic carbocycles. The van der Waals surface area contributed by atoms with E-state index in [1.165, 1.54) is 0 Å². The Morgan fingerprint density at radius 3 is 2.35 bits per heavy atom. The summed E-state index contributed by atoms with van der Waals surface area (Å²) < 4.78 is 5.74. The maximum atomic E-state index is 11.4. The summed E-state index contributed by atoms with van der Waals surface area (Å²) >= 11 is 0. The largest absolute Gasteiger partial charge is 0.491 e. The number of benzene rings is 1. The van der Waals surface area contributed by atoms with E-state index in [-0.39, 0.29) is 23.5 Å². The molecule has 0 unspecified atom stereocenters.